The van der Waals surface area contributed by atoms with Gasteiger partial charge in [0.1, 0.15) is 11.5 Å². The molecule has 1 aliphatic heterocycles. The van der Waals surface area contributed by atoms with Crippen molar-refractivity contribution in [2.45, 2.75) is 19.4 Å². The summed E-state index contributed by atoms with van der Waals surface area (Å²) in [4.78, 5) is 16.6. The van der Waals surface area contributed by atoms with Crippen LogP contribution in [0.5, 0.6) is 0 Å². The van der Waals surface area contributed by atoms with Crippen LogP contribution in [0.4, 0.5) is 10.1 Å². The van der Waals surface area contributed by atoms with Crippen LogP contribution in [-0.4, -0.2) is 56.8 Å². The summed E-state index contributed by atoms with van der Waals surface area (Å²) in [6.45, 7) is 2.40. The molecule has 1 aliphatic rings. The SMILES string of the molecule is CC(c1ccc(N2CC=C(NS(=O)(=O)CCc3ccc(Cl)s3)C2=O)c(F)c1)N(C)CCO. The first-order chi connectivity index (χ1) is 15.1. The number of rotatable bonds is 10. The number of anilines is 1. The lowest BCUT2D eigenvalue weighted by Gasteiger charge is -2.25. The summed E-state index contributed by atoms with van der Waals surface area (Å²) in [5, 5.41) is 9.08. The molecule has 0 bridgehead atoms. The van der Waals surface area contributed by atoms with Gasteiger partial charge in [0, 0.05) is 24.0 Å². The van der Waals surface area contributed by atoms with E-state index in [1.807, 2.05) is 18.9 Å². The van der Waals surface area contributed by atoms with Crippen LogP contribution in [-0.2, 0) is 21.2 Å². The second-order valence-corrected chi connectivity index (χ2v) is 11.1. The fourth-order valence-corrected chi connectivity index (χ4v) is 5.65. The van der Waals surface area contributed by atoms with Crippen molar-refractivity contribution >= 4 is 44.6 Å². The van der Waals surface area contributed by atoms with E-state index in [0.29, 0.717) is 16.4 Å². The molecule has 174 valence electrons. The van der Waals surface area contributed by atoms with Gasteiger partial charge in [0.05, 0.1) is 22.4 Å². The van der Waals surface area contributed by atoms with E-state index in [2.05, 4.69) is 4.72 Å². The zero-order chi connectivity index (χ0) is 23.5. The van der Waals surface area contributed by atoms with Crippen LogP contribution >= 0.6 is 22.9 Å². The minimum atomic E-state index is -3.76. The van der Waals surface area contributed by atoms with Crippen molar-refractivity contribution in [1.82, 2.24) is 9.62 Å². The van der Waals surface area contributed by atoms with Crippen molar-refractivity contribution in [1.29, 1.82) is 0 Å². The highest BCUT2D eigenvalue weighted by atomic mass is 35.5. The zero-order valence-electron chi connectivity index (χ0n) is 17.7. The van der Waals surface area contributed by atoms with Crippen LogP contribution in [0.2, 0.25) is 4.34 Å². The fourth-order valence-electron chi connectivity index (χ4n) is 3.34. The first-order valence-corrected chi connectivity index (χ1v) is 12.8. The smallest absolute Gasteiger partial charge is 0.275 e. The van der Waals surface area contributed by atoms with Gasteiger partial charge in [-0.1, -0.05) is 17.7 Å². The number of aryl methyl sites for hydroxylation is 1. The molecule has 2 N–H and O–H groups in total. The molecule has 32 heavy (non-hydrogen) atoms. The number of carbonyl (C=O) groups excluding carboxylic acids is 1. The standard InChI is InChI=1S/C21H25ClFN3O4S2/c1-14(25(2)10-11-27)15-3-5-19(17(23)13-15)26-9-7-18(21(26)28)24-32(29,30)12-8-16-4-6-20(22)31-16/h3-7,13-14,24,27H,8-12H2,1-2H3. The molecular weight excluding hydrogens is 477 g/mol. The van der Waals surface area contributed by atoms with Gasteiger partial charge in [-0.3, -0.25) is 14.4 Å². The van der Waals surface area contributed by atoms with Crippen LogP contribution in [0.3, 0.4) is 0 Å². The van der Waals surface area contributed by atoms with Crippen molar-refractivity contribution < 1.29 is 22.7 Å². The number of nitrogens with one attached hydrogen (secondary N) is 1. The number of carbonyl (C=O) groups is 1. The van der Waals surface area contributed by atoms with E-state index >= 15 is 0 Å². The highest BCUT2D eigenvalue weighted by Gasteiger charge is 2.30. The van der Waals surface area contributed by atoms with Crippen LogP contribution < -0.4 is 9.62 Å². The third-order valence-corrected chi connectivity index (χ3v) is 7.89. The molecule has 1 atom stereocenters. The van der Waals surface area contributed by atoms with Gasteiger partial charge < -0.3 is 10.0 Å². The summed E-state index contributed by atoms with van der Waals surface area (Å²) >= 11 is 7.17. The Morgan fingerprint density at radius 3 is 2.72 bits per heavy atom. The molecular formula is C21H25ClFN3O4S2. The molecule has 0 aliphatic carbocycles. The van der Waals surface area contributed by atoms with Gasteiger partial charge >= 0.3 is 0 Å². The van der Waals surface area contributed by atoms with Gasteiger partial charge in [-0.15, -0.1) is 11.3 Å². The molecule has 1 aromatic heterocycles. The summed E-state index contributed by atoms with van der Waals surface area (Å²) in [7, 11) is -1.93. The van der Waals surface area contributed by atoms with Gasteiger partial charge in [0.15, 0.2) is 0 Å². The Bertz CT molecular complexity index is 1120. The van der Waals surface area contributed by atoms with E-state index in [4.69, 9.17) is 16.7 Å². The second-order valence-electron chi connectivity index (χ2n) is 7.50. The summed E-state index contributed by atoms with van der Waals surface area (Å²) in [5.74, 6) is -1.38. The molecule has 1 amide bonds. The number of aliphatic hydroxyl groups is 1. The fraction of sp³-hybridized carbons (Fsp3) is 0.381. The number of sulfonamides is 1. The molecule has 0 spiro atoms. The first kappa shape index (κ1) is 24.7. The van der Waals surface area contributed by atoms with E-state index in [1.54, 1.807) is 18.2 Å². The van der Waals surface area contributed by atoms with E-state index in [0.717, 1.165) is 4.88 Å². The lowest BCUT2D eigenvalue weighted by Crippen LogP contribution is -2.35. The van der Waals surface area contributed by atoms with E-state index in [9.17, 15) is 17.6 Å². The number of nitrogens with zero attached hydrogens (tertiary/aromatic N) is 2. The topological polar surface area (TPSA) is 90.0 Å². The van der Waals surface area contributed by atoms with Gasteiger partial charge in [-0.05, 0) is 56.3 Å². The zero-order valence-corrected chi connectivity index (χ0v) is 20.1. The third-order valence-electron chi connectivity index (χ3n) is 5.32. The normalized spacial score (nSPS) is 15.4. The molecule has 0 fully saturated rings. The molecule has 0 saturated heterocycles. The molecule has 0 radical (unpaired) electrons. The number of thiophene rings is 1. The van der Waals surface area contributed by atoms with Gasteiger partial charge in [0.25, 0.3) is 5.91 Å². The molecule has 1 aromatic carbocycles. The maximum Gasteiger partial charge on any atom is 0.275 e. The monoisotopic (exact) mass is 501 g/mol. The number of hydrogen-bond acceptors (Lipinski definition) is 6. The van der Waals surface area contributed by atoms with Gasteiger partial charge in [0.2, 0.25) is 10.0 Å². The Labute approximate surface area is 196 Å². The number of aliphatic hydroxyl groups excluding tert-OH is 1. The summed E-state index contributed by atoms with van der Waals surface area (Å²) in [6, 6.07) is 7.93. The Kier molecular flexibility index (Phi) is 7.94. The van der Waals surface area contributed by atoms with Crippen molar-refractivity contribution in [3.05, 3.63) is 62.7 Å². The Hall–Kier alpha value is -1.98. The number of benzene rings is 1. The first-order valence-electron chi connectivity index (χ1n) is 9.98. The predicted octanol–water partition coefficient (Wildman–Crippen LogP) is 2.92. The number of halogens is 2. The van der Waals surface area contributed by atoms with Crippen molar-refractivity contribution in [2.24, 2.45) is 0 Å². The van der Waals surface area contributed by atoms with Crippen LogP contribution in [0, 0.1) is 5.82 Å². The Balaban J connectivity index is 1.65. The van der Waals surface area contributed by atoms with Crippen molar-refractivity contribution in [3.63, 3.8) is 0 Å². The maximum atomic E-state index is 14.8. The second kappa shape index (κ2) is 10.3. The molecule has 11 heteroatoms. The lowest BCUT2D eigenvalue weighted by molar-refractivity contribution is -0.114. The molecule has 0 saturated carbocycles. The summed E-state index contributed by atoms with van der Waals surface area (Å²) in [5.41, 5.74) is 0.694. The summed E-state index contributed by atoms with van der Waals surface area (Å²) < 4.78 is 42.6. The number of hydrogen-bond donors (Lipinski definition) is 2. The van der Waals surface area contributed by atoms with Crippen molar-refractivity contribution in [3.8, 4) is 0 Å². The molecule has 1 unspecified atom stereocenters. The Morgan fingerprint density at radius 1 is 1.34 bits per heavy atom. The average Bonchev–Trinajstić information content (AvgIpc) is 3.31. The van der Waals surface area contributed by atoms with E-state index in [1.165, 1.54) is 34.4 Å². The lowest BCUT2D eigenvalue weighted by atomic mass is 10.1. The van der Waals surface area contributed by atoms with Gasteiger partial charge in [-0.25, -0.2) is 12.8 Å². The largest absolute Gasteiger partial charge is 0.395 e. The third kappa shape index (κ3) is 5.87. The predicted molar refractivity (Wildman–Crippen MR) is 125 cm³/mol. The minimum absolute atomic E-state index is 0.00485. The highest BCUT2D eigenvalue weighted by molar-refractivity contribution is 7.89. The van der Waals surface area contributed by atoms with Crippen LogP contribution in [0.15, 0.2) is 42.1 Å². The Morgan fingerprint density at radius 2 is 2.09 bits per heavy atom. The van der Waals surface area contributed by atoms with Crippen LogP contribution in [0.1, 0.15) is 23.4 Å². The molecule has 3 rings (SSSR count). The van der Waals surface area contributed by atoms with E-state index in [-0.39, 0.29) is 42.8 Å². The maximum absolute atomic E-state index is 14.8. The van der Waals surface area contributed by atoms with Gasteiger partial charge in [-0.2, -0.15) is 0 Å². The molecule has 2 aromatic rings. The average molecular weight is 502 g/mol. The minimum Gasteiger partial charge on any atom is -0.395 e. The van der Waals surface area contributed by atoms with Crippen molar-refractivity contribution in [2.75, 3.05) is 37.4 Å². The number of amides is 1. The van der Waals surface area contributed by atoms with Crippen LogP contribution in [0.25, 0.3) is 0 Å². The summed E-state index contributed by atoms with van der Waals surface area (Å²) in [6.07, 6.45) is 1.71. The number of likely N-dealkylation sites (N-methyl/N-ethyl adjacent to an activating group) is 1. The molecule has 7 nitrogen and oxygen atoms in total. The van der Waals surface area contributed by atoms with E-state index < -0.39 is 21.7 Å². The highest BCUT2D eigenvalue weighted by Crippen LogP contribution is 2.28. The molecule has 2 heterocycles. The quantitative estimate of drug-likeness (QED) is 0.522.